The van der Waals surface area contributed by atoms with E-state index in [1.54, 1.807) is 5.48 Å². The Balaban J connectivity index is 2.52. The molecule has 136 valence electrons. The number of amides is 2. The van der Waals surface area contributed by atoms with Gasteiger partial charge >= 0.3 is 0 Å². The number of aryl methyl sites for hydroxylation is 1. The van der Waals surface area contributed by atoms with E-state index >= 15 is 0 Å². The summed E-state index contributed by atoms with van der Waals surface area (Å²) in [6.07, 6.45) is 2.49. The molecule has 0 saturated carbocycles. The van der Waals surface area contributed by atoms with Crippen LogP contribution in [-0.2, 0) is 9.59 Å². The molecule has 2 unspecified atom stereocenters. The average molecular weight is 346 g/mol. The first-order valence-electron chi connectivity index (χ1n) is 8.71. The highest BCUT2D eigenvalue weighted by molar-refractivity contribution is 5.99. The van der Waals surface area contributed by atoms with Crippen molar-refractivity contribution in [2.45, 2.75) is 58.5 Å². The highest BCUT2D eigenvalue weighted by atomic mass is 16.5. The Morgan fingerprint density at radius 1 is 1.36 bits per heavy atom. The van der Waals surface area contributed by atoms with Crippen LogP contribution in [0.2, 0.25) is 0 Å². The summed E-state index contributed by atoms with van der Waals surface area (Å²) in [4.78, 5) is 26.4. The lowest BCUT2D eigenvalue weighted by Crippen LogP contribution is -2.48. The zero-order valence-electron chi connectivity index (χ0n) is 15.0. The first kappa shape index (κ1) is 19.0. The van der Waals surface area contributed by atoms with Gasteiger partial charge in [-0.05, 0) is 25.3 Å². The van der Waals surface area contributed by atoms with Crippen LogP contribution in [0.25, 0.3) is 0 Å². The van der Waals surface area contributed by atoms with Gasteiger partial charge in [0, 0.05) is 5.57 Å². The number of hydrogen-bond acceptors (Lipinski definition) is 4. The molecule has 1 aliphatic rings. The smallest absolute Gasteiger partial charge is 0.290 e. The fraction of sp³-hybridized carbons (Fsp3) is 0.474. The molecule has 1 aliphatic heterocycles. The third kappa shape index (κ3) is 3.69. The second-order valence-electron chi connectivity index (χ2n) is 6.39. The molecule has 2 amide bonds. The minimum absolute atomic E-state index is 0.291. The number of nitrogens with one attached hydrogen (secondary N) is 1. The molecular weight excluding hydrogens is 320 g/mol. The number of hydrogen-bond donors (Lipinski definition) is 3. The van der Waals surface area contributed by atoms with Crippen LogP contribution in [0, 0.1) is 6.92 Å². The van der Waals surface area contributed by atoms with Crippen molar-refractivity contribution in [2.24, 2.45) is 0 Å². The van der Waals surface area contributed by atoms with E-state index in [1.165, 1.54) is 4.90 Å². The van der Waals surface area contributed by atoms with Gasteiger partial charge in [-0.2, -0.15) is 0 Å². The average Bonchev–Trinajstić information content (AvgIpc) is 2.86. The molecular formula is C19H26N2O4. The van der Waals surface area contributed by atoms with Crippen LogP contribution in [0.1, 0.15) is 56.7 Å². The fourth-order valence-electron chi connectivity index (χ4n) is 3.43. The molecule has 0 radical (unpaired) electrons. The zero-order valence-corrected chi connectivity index (χ0v) is 15.0. The van der Waals surface area contributed by atoms with E-state index in [0.29, 0.717) is 18.4 Å². The SMILES string of the molecule is CCCCC(C(=O)NO)N1C(=O)C(O)=C(CC)C1c1cccc(C)c1. The molecule has 0 spiro atoms. The Hall–Kier alpha value is -2.34. The molecule has 1 aromatic carbocycles. The topological polar surface area (TPSA) is 89.9 Å². The second-order valence-corrected chi connectivity index (χ2v) is 6.39. The van der Waals surface area contributed by atoms with Gasteiger partial charge in [0.05, 0.1) is 6.04 Å². The Labute approximate surface area is 148 Å². The third-order valence-corrected chi connectivity index (χ3v) is 4.67. The number of carbonyl (C=O) groups is 2. The summed E-state index contributed by atoms with van der Waals surface area (Å²) in [5, 5.41) is 19.5. The van der Waals surface area contributed by atoms with Crippen LogP contribution < -0.4 is 5.48 Å². The van der Waals surface area contributed by atoms with Crippen molar-refractivity contribution in [2.75, 3.05) is 0 Å². The standard InChI is InChI=1S/C19H26N2O4/c1-4-6-10-15(18(23)20-25)21-16(13-9-7-8-12(3)11-13)14(5-2)17(22)19(21)24/h7-9,11,15-16,22,25H,4-6,10H2,1-3H3,(H,20,23). The lowest BCUT2D eigenvalue weighted by Gasteiger charge is -2.33. The number of nitrogens with zero attached hydrogens (tertiary/aromatic N) is 1. The van der Waals surface area contributed by atoms with Gasteiger partial charge in [-0.1, -0.05) is 56.5 Å². The molecule has 0 aromatic heterocycles. The second kappa shape index (κ2) is 8.16. The Kier molecular flexibility index (Phi) is 6.20. The van der Waals surface area contributed by atoms with E-state index in [9.17, 15) is 14.7 Å². The number of aliphatic hydroxyl groups is 1. The van der Waals surface area contributed by atoms with Crippen molar-refractivity contribution in [3.63, 3.8) is 0 Å². The molecule has 1 aromatic rings. The van der Waals surface area contributed by atoms with Crippen LogP contribution in [0.5, 0.6) is 0 Å². The minimum Gasteiger partial charge on any atom is -0.503 e. The number of aliphatic hydroxyl groups excluding tert-OH is 1. The normalized spacial score (nSPS) is 18.6. The molecule has 3 N–H and O–H groups in total. The summed E-state index contributed by atoms with van der Waals surface area (Å²) in [6, 6.07) is 6.34. The van der Waals surface area contributed by atoms with Gasteiger partial charge in [0.25, 0.3) is 11.8 Å². The Bertz CT molecular complexity index is 684. The summed E-state index contributed by atoms with van der Waals surface area (Å²) in [6.45, 7) is 5.82. The molecule has 25 heavy (non-hydrogen) atoms. The van der Waals surface area contributed by atoms with E-state index in [1.807, 2.05) is 45.0 Å². The maximum Gasteiger partial charge on any atom is 0.290 e. The van der Waals surface area contributed by atoms with Crippen LogP contribution in [-0.4, -0.2) is 33.1 Å². The van der Waals surface area contributed by atoms with Gasteiger partial charge in [-0.15, -0.1) is 0 Å². The molecule has 0 saturated heterocycles. The van der Waals surface area contributed by atoms with Crippen molar-refractivity contribution >= 4 is 11.8 Å². The minimum atomic E-state index is -0.839. The van der Waals surface area contributed by atoms with Gasteiger partial charge in [0.1, 0.15) is 6.04 Å². The fourth-order valence-corrected chi connectivity index (χ4v) is 3.43. The lowest BCUT2D eigenvalue weighted by atomic mass is 9.94. The summed E-state index contributed by atoms with van der Waals surface area (Å²) >= 11 is 0. The zero-order chi connectivity index (χ0) is 18.6. The summed E-state index contributed by atoms with van der Waals surface area (Å²) < 4.78 is 0. The molecule has 0 aliphatic carbocycles. The van der Waals surface area contributed by atoms with E-state index < -0.39 is 23.9 Å². The molecule has 0 bridgehead atoms. The van der Waals surface area contributed by atoms with Gasteiger partial charge < -0.3 is 10.0 Å². The molecule has 2 rings (SSSR count). The van der Waals surface area contributed by atoms with Gasteiger partial charge in [0.15, 0.2) is 5.76 Å². The van der Waals surface area contributed by atoms with Crippen LogP contribution >= 0.6 is 0 Å². The van der Waals surface area contributed by atoms with E-state index in [2.05, 4.69) is 0 Å². The Morgan fingerprint density at radius 2 is 2.08 bits per heavy atom. The monoisotopic (exact) mass is 346 g/mol. The highest BCUT2D eigenvalue weighted by Crippen LogP contribution is 2.41. The van der Waals surface area contributed by atoms with Gasteiger partial charge in [0.2, 0.25) is 0 Å². The van der Waals surface area contributed by atoms with Crippen LogP contribution in [0.3, 0.4) is 0 Å². The number of hydroxylamine groups is 1. The first-order chi connectivity index (χ1) is 12.0. The van der Waals surface area contributed by atoms with E-state index in [4.69, 9.17) is 5.21 Å². The number of rotatable bonds is 7. The predicted molar refractivity (Wildman–Crippen MR) is 94.0 cm³/mol. The molecule has 6 heteroatoms. The van der Waals surface area contributed by atoms with Gasteiger partial charge in [-0.3, -0.25) is 14.8 Å². The summed E-state index contributed by atoms with van der Waals surface area (Å²) in [7, 11) is 0. The van der Waals surface area contributed by atoms with Crippen LogP contribution in [0.4, 0.5) is 0 Å². The van der Waals surface area contributed by atoms with Crippen LogP contribution in [0.15, 0.2) is 35.6 Å². The van der Waals surface area contributed by atoms with Crippen molar-refractivity contribution in [1.29, 1.82) is 0 Å². The third-order valence-electron chi connectivity index (χ3n) is 4.67. The Morgan fingerprint density at radius 3 is 2.64 bits per heavy atom. The number of carbonyl (C=O) groups excluding carboxylic acids is 2. The number of benzene rings is 1. The summed E-state index contributed by atoms with van der Waals surface area (Å²) in [5.74, 6) is -1.49. The maximum atomic E-state index is 12.7. The van der Waals surface area contributed by atoms with E-state index in [0.717, 1.165) is 24.0 Å². The molecule has 1 heterocycles. The molecule has 2 atom stereocenters. The molecule has 0 fully saturated rings. The van der Waals surface area contributed by atoms with Gasteiger partial charge in [-0.25, -0.2) is 5.48 Å². The quantitative estimate of drug-likeness (QED) is 0.522. The number of unbranched alkanes of at least 4 members (excludes halogenated alkanes) is 1. The maximum absolute atomic E-state index is 12.7. The summed E-state index contributed by atoms with van der Waals surface area (Å²) in [5.41, 5.74) is 4.15. The van der Waals surface area contributed by atoms with E-state index in [-0.39, 0.29) is 5.76 Å². The van der Waals surface area contributed by atoms with Crippen molar-refractivity contribution in [3.8, 4) is 0 Å². The highest BCUT2D eigenvalue weighted by Gasteiger charge is 2.45. The van der Waals surface area contributed by atoms with Crippen molar-refractivity contribution < 1.29 is 19.9 Å². The predicted octanol–water partition coefficient (Wildman–Crippen LogP) is 3.16. The molecule has 6 nitrogen and oxygen atoms in total. The first-order valence-corrected chi connectivity index (χ1v) is 8.71. The lowest BCUT2D eigenvalue weighted by molar-refractivity contribution is -0.144. The largest absolute Gasteiger partial charge is 0.503 e. The van der Waals surface area contributed by atoms with Crippen molar-refractivity contribution in [1.82, 2.24) is 10.4 Å². The van der Waals surface area contributed by atoms with Crippen molar-refractivity contribution in [3.05, 3.63) is 46.7 Å².